The number of nitrogens with zero attached hydrogens (tertiary/aromatic N) is 2. The highest BCUT2D eigenvalue weighted by molar-refractivity contribution is 6.20. The third-order valence-electron chi connectivity index (χ3n) is 4.63. The van der Waals surface area contributed by atoms with Crippen LogP contribution in [0.2, 0.25) is 0 Å². The summed E-state index contributed by atoms with van der Waals surface area (Å²) >= 11 is 0. The molecule has 3 amide bonds. The summed E-state index contributed by atoms with van der Waals surface area (Å²) in [6, 6.07) is 16.3. The molecule has 3 rings (SSSR count). The van der Waals surface area contributed by atoms with Crippen molar-refractivity contribution in [3.63, 3.8) is 0 Å². The molecule has 1 heterocycles. The van der Waals surface area contributed by atoms with Gasteiger partial charge in [-0.1, -0.05) is 42.8 Å². The van der Waals surface area contributed by atoms with Gasteiger partial charge in [0.25, 0.3) is 5.91 Å². The van der Waals surface area contributed by atoms with Gasteiger partial charge in [-0.05, 0) is 49.9 Å². The average molecular weight is 336 g/mol. The van der Waals surface area contributed by atoms with Crippen LogP contribution in [0.3, 0.4) is 0 Å². The van der Waals surface area contributed by atoms with E-state index in [2.05, 4.69) is 6.92 Å². The van der Waals surface area contributed by atoms with Crippen molar-refractivity contribution >= 4 is 17.6 Å². The summed E-state index contributed by atoms with van der Waals surface area (Å²) in [4.78, 5) is 29.4. The number of benzene rings is 2. The normalized spacial score (nSPS) is 17.2. The summed E-state index contributed by atoms with van der Waals surface area (Å²) < 4.78 is 0. The lowest BCUT2D eigenvalue weighted by Gasteiger charge is -2.34. The van der Waals surface area contributed by atoms with Crippen LogP contribution in [0.1, 0.15) is 35.7 Å². The predicted octanol–water partition coefficient (Wildman–Crippen LogP) is 4.49. The molecule has 0 saturated carbocycles. The Kier molecular flexibility index (Phi) is 5.17. The van der Waals surface area contributed by atoms with E-state index in [-0.39, 0.29) is 11.9 Å². The van der Waals surface area contributed by atoms with Crippen LogP contribution in [0.25, 0.3) is 0 Å². The predicted molar refractivity (Wildman–Crippen MR) is 99.8 cm³/mol. The Morgan fingerprint density at radius 2 is 1.72 bits per heavy atom. The Morgan fingerprint density at radius 3 is 2.36 bits per heavy atom. The van der Waals surface area contributed by atoms with Gasteiger partial charge < -0.3 is 4.90 Å². The molecule has 0 aromatic heterocycles. The SMILES string of the molecule is Cc1ccc(C(=O)N(C(=O)N2CCCC(C)C2)c2ccccc2)cc1. The zero-order valence-electron chi connectivity index (χ0n) is 14.8. The van der Waals surface area contributed by atoms with Crippen LogP contribution in [0.15, 0.2) is 54.6 Å². The summed E-state index contributed by atoms with van der Waals surface area (Å²) in [5.41, 5.74) is 2.21. The number of rotatable bonds is 2. The number of aryl methyl sites for hydroxylation is 1. The van der Waals surface area contributed by atoms with Crippen molar-refractivity contribution in [2.45, 2.75) is 26.7 Å². The van der Waals surface area contributed by atoms with E-state index >= 15 is 0 Å². The highest BCUT2D eigenvalue weighted by Gasteiger charge is 2.31. The Hall–Kier alpha value is -2.62. The second kappa shape index (κ2) is 7.51. The molecule has 0 radical (unpaired) electrons. The van der Waals surface area contributed by atoms with Crippen molar-refractivity contribution in [1.29, 1.82) is 0 Å². The molecule has 1 saturated heterocycles. The van der Waals surface area contributed by atoms with Gasteiger partial charge in [-0.3, -0.25) is 4.79 Å². The third-order valence-corrected chi connectivity index (χ3v) is 4.63. The quantitative estimate of drug-likeness (QED) is 0.810. The minimum atomic E-state index is -0.283. The van der Waals surface area contributed by atoms with E-state index in [4.69, 9.17) is 0 Å². The molecule has 2 aromatic rings. The fourth-order valence-corrected chi connectivity index (χ4v) is 3.22. The number of carbonyl (C=O) groups is 2. The maximum atomic E-state index is 13.2. The molecule has 4 heteroatoms. The lowest BCUT2D eigenvalue weighted by molar-refractivity contribution is 0.0980. The molecule has 25 heavy (non-hydrogen) atoms. The first-order valence-electron chi connectivity index (χ1n) is 8.81. The van der Waals surface area contributed by atoms with Crippen molar-refractivity contribution in [2.75, 3.05) is 18.0 Å². The lowest BCUT2D eigenvalue weighted by atomic mass is 10.0. The van der Waals surface area contributed by atoms with E-state index in [1.807, 2.05) is 37.3 Å². The molecule has 4 nitrogen and oxygen atoms in total. The number of hydrogen-bond donors (Lipinski definition) is 0. The number of amides is 3. The number of imide groups is 1. The number of carbonyl (C=O) groups excluding carboxylic acids is 2. The molecule has 0 aliphatic carbocycles. The van der Waals surface area contributed by atoms with Gasteiger partial charge in [-0.15, -0.1) is 0 Å². The van der Waals surface area contributed by atoms with Gasteiger partial charge in [0, 0.05) is 18.7 Å². The first-order valence-corrected chi connectivity index (χ1v) is 8.81. The van der Waals surface area contributed by atoms with Gasteiger partial charge in [0.1, 0.15) is 0 Å². The molecule has 130 valence electrons. The number of para-hydroxylation sites is 1. The second-order valence-corrected chi connectivity index (χ2v) is 6.82. The zero-order valence-corrected chi connectivity index (χ0v) is 14.8. The van der Waals surface area contributed by atoms with Crippen LogP contribution in [-0.4, -0.2) is 29.9 Å². The third kappa shape index (κ3) is 3.90. The van der Waals surface area contributed by atoms with Gasteiger partial charge in [0.15, 0.2) is 0 Å². The minimum Gasteiger partial charge on any atom is -0.324 e. The summed E-state index contributed by atoms with van der Waals surface area (Å²) in [5.74, 6) is 0.180. The monoisotopic (exact) mass is 336 g/mol. The van der Waals surface area contributed by atoms with Crippen LogP contribution in [0.4, 0.5) is 10.5 Å². The van der Waals surface area contributed by atoms with E-state index in [1.54, 1.807) is 29.2 Å². The van der Waals surface area contributed by atoms with E-state index in [1.165, 1.54) is 4.90 Å². The van der Waals surface area contributed by atoms with Crippen LogP contribution in [0, 0.1) is 12.8 Å². The van der Waals surface area contributed by atoms with Crippen LogP contribution < -0.4 is 4.90 Å². The number of urea groups is 1. The molecule has 0 N–H and O–H groups in total. The summed E-state index contributed by atoms with van der Waals surface area (Å²) in [6.45, 7) is 5.52. The molecule has 1 atom stereocenters. The Bertz CT molecular complexity index is 740. The highest BCUT2D eigenvalue weighted by Crippen LogP contribution is 2.23. The lowest BCUT2D eigenvalue weighted by Crippen LogP contribution is -2.49. The molecule has 1 aliphatic heterocycles. The molecular weight excluding hydrogens is 312 g/mol. The average Bonchev–Trinajstić information content (AvgIpc) is 2.63. The topological polar surface area (TPSA) is 40.6 Å². The smallest absolute Gasteiger partial charge is 0.324 e. The van der Waals surface area contributed by atoms with Gasteiger partial charge in [0.2, 0.25) is 0 Å². The Morgan fingerprint density at radius 1 is 1.04 bits per heavy atom. The number of likely N-dealkylation sites (tertiary alicyclic amines) is 1. The fourth-order valence-electron chi connectivity index (χ4n) is 3.22. The van der Waals surface area contributed by atoms with Crippen LogP contribution >= 0.6 is 0 Å². The van der Waals surface area contributed by atoms with E-state index in [9.17, 15) is 9.59 Å². The van der Waals surface area contributed by atoms with Crippen LogP contribution in [0.5, 0.6) is 0 Å². The van der Waals surface area contributed by atoms with E-state index < -0.39 is 0 Å². The van der Waals surface area contributed by atoms with Crippen molar-refractivity contribution in [1.82, 2.24) is 4.90 Å². The number of piperidine rings is 1. The van der Waals surface area contributed by atoms with Crippen molar-refractivity contribution in [2.24, 2.45) is 5.92 Å². The molecule has 0 spiro atoms. The molecule has 1 aliphatic rings. The van der Waals surface area contributed by atoms with Gasteiger partial charge in [-0.25, -0.2) is 9.69 Å². The highest BCUT2D eigenvalue weighted by atomic mass is 16.2. The zero-order chi connectivity index (χ0) is 17.8. The van der Waals surface area contributed by atoms with Crippen LogP contribution in [-0.2, 0) is 0 Å². The number of hydrogen-bond acceptors (Lipinski definition) is 2. The van der Waals surface area contributed by atoms with Gasteiger partial charge >= 0.3 is 6.03 Å². The fraction of sp³-hybridized carbons (Fsp3) is 0.333. The largest absolute Gasteiger partial charge is 0.331 e. The molecule has 1 fully saturated rings. The Labute approximate surface area is 149 Å². The van der Waals surface area contributed by atoms with Crippen molar-refractivity contribution in [3.05, 3.63) is 65.7 Å². The minimum absolute atomic E-state index is 0.233. The summed E-state index contributed by atoms with van der Waals surface area (Å²) in [7, 11) is 0. The maximum absolute atomic E-state index is 13.2. The summed E-state index contributed by atoms with van der Waals surface area (Å²) in [6.07, 6.45) is 2.11. The van der Waals surface area contributed by atoms with Gasteiger partial charge in [-0.2, -0.15) is 0 Å². The van der Waals surface area contributed by atoms with E-state index in [0.717, 1.165) is 18.4 Å². The molecular formula is C21H24N2O2. The Balaban J connectivity index is 1.93. The van der Waals surface area contributed by atoms with E-state index in [0.29, 0.717) is 30.3 Å². The maximum Gasteiger partial charge on any atom is 0.331 e. The summed E-state index contributed by atoms with van der Waals surface area (Å²) in [5, 5.41) is 0. The first kappa shape index (κ1) is 17.2. The second-order valence-electron chi connectivity index (χ2n) is 6.82. The molecule has 0 bridgehead atoms. The van der Waals surface area contributed by atoms with Gasteiger partial charge in [0.05, 0.1) is 5.69 Å². The molecule has 1 unspecified atom stereocenters. The van der Waals surface area contributed by atoms with Crippen molar-refractivity contribution < 1.29 is 9.59 Å². The molecule has 2 aromatic carbocycles. The number of anilines is 1. The standard InChI is InChI=1S/C21H24N2O2/c1-16-10-12-18(13-11-16)20(24)23(19-8-4-3-5-9-19)21(25)22-14-6-7-17(2)15-22/h3-5,8-13,17H,6-7,14-15H2,1-2H3. The first-order chi connectivity index (χ1) is 12.1. The van der Waals surface area contributed by atoms with Crippen molar-refractivity contribution in [3.8, 4) is 0 Å².